The van der Waals surface area contributed by atoms with Crippen LogP contribution in [-0.2, 0) is 4.79 Å². The van der Waals surface area contributed by atoms with Gasteiger partial charge >= 0.3 is 0 Å². The van der Waals surface area contributed by atoms with E-state index < -0.39 is 0 Å². The van der Waals surface area contributed by atoms with Crippen LogP contribution in [0.3, 0.4) is 0 Å². The van der Waals surface area contributed by atoms with Crippen LogP contribution >= 0.6 is 0 Å². The van der Waals surface area contributed by atoms with Crippen molar-refractivity contribution in [1.82, 2.24) is 10.6 Å². The van der Waals surface area contributed by atoms with E-state index in [9.17, 15) is 4.79 Å². The lowest BCUT2D eigenvalue weighted by molar-refractivity contribution is -0.122. The van der Waals surface area contributed by atoms with Gasteiger partial charge in [0.15, 0.2) is 0 Å². The minimum absolute atomic E-state index is 0.0923. The Hall–Kier alpha value is -1.55. The normalized spacial score (nSPS) is 20.6. The van der Waals surface area contributed by atoms with Crippen molar-refractivity contribution in [2.24, 2.45) is 0 Å². The van der Waals surface area contributed by atoms with E-state index in [0.29, 0.717) is 6.04 Å². The van der Waals surface area contributed by atoms with Crippen LogP contribution in [0, 0.1) is 0 Å². The van der Waals surface area contributed by atoms with Gasteiger partial charge in [-0.05, 0) is 37.6 Å². The van der Waals surface area contributed by atoms with Crippen LogP contribution in [0.2, 0.25) is 0 Å². The number of hydrogen-bond donors (Lipinski definition) is 2. The number of nitrogens with one attached hydrogen (secondary N) is 2. The summed E-state index contributed by atoms with van der Waals surface area (Å²) in [6.07, 6.45) is 1.08. The number of piperazine rings is 1. The fraction of sp³-hybridized carbons (Fsp3) is 0.562. The van der Waals surface area contributed by atoms with E-state index in [-0.39, 0.29) is 11.9 Å². The Labute approximate surface area is 121 Å². The summed E-state index contributed by atoms with van der Waals surface area (Å²) in [7, 11) is 0. The van der Waals surface area contributed by atoms with E-state index in [1.165, 1.54) is 5.56 Å². The molecule has 2 atom stereocenters. The molecule has 1 amide bonds. The van der Waals surface area contributed by atoms with E-state index in [2.05, 4.69) is 53.6 Å². The van der Waals surface area contributed by atoms with Crippen molar-refractivity contribution in [2.45, 2.75) is 39.3 Å². The largest absolute Gasteiger partial charge is 0.358 e. The average molecular weight is 275 g/mol. The number of rotatable bonds is 5. The molecule has 2 N–H and O–H groups in total. The first kappa shape index (κ1) is 14.9. The SMILES string of the molecule is CCNC(CC)c1ccc(N2CCNC(=O)C2C)cc1. The van der Waals surface area contributed by atoms with Gasteiger partial charge in [0.05, 0.1) is 0 Å². The Morgan fingerprint density at radius 3 is 2.65 bits per heavy atom. The summed E-state index contributed by atoms with van der Waals surface area (Å²) in [5.74, 6) is 0.111. The van der Waals surface area contributed by atoms with Gasteiger partial charge in [0, 0.05) is 24.8 Å². The number of hydrogen-bond acceptors (Lipinski definition) is 3. The molecule has 1 aliphatic heterocycles. The number of benzene rings is 1. The molecule has 0 aliphatic carbocycles. The summed E-state index contributed by atoms with van der Waals surface area (Å²) < 4.78 is 0. The quantitative estimate of drug-likeness (QED) is 0.864. The minimum atomic E-state index is -0.0923. The van der Waals surface area contributed by atoms with Crippen molar-refractivity contribution in [3.63, 3.8) is 0 Å². The predicted octanol–water partition coefficient (Wildman–Crippen LogP) is 2.07. The summed E-state index contributed by atoms with van der Waals surface area (Å²) in [6, 6.07) is 8.92. The van der Waals surface area contributed by atoms with Crippen LogP contribution in [0.1, 0.15) is 38.8 Å². The standard InChI is InChI=1S/C16H25N3O/c1-4-15(17-5-2)13-6-8-14(9-7-13)19-11-10-18-16(20)12(19)3/h6-9,12,15,17H,4-5,10-11H2,1-3H3,(H,18,20). The molecule has 1 aromatic rings. The molecule has 20 heavy (non-hydrogen) atoms. The lowest BCUT2D eigenvalue weighted by Crippen LogP contribution is -2.54. The Bertz CT molecular complexity index is 444. The van der Waals surface area contributed by atoms with Crippen molar-refractivity contribution in [3.8, 4) is 0 Å². The molecule has 2 unspecified atom stereocenters. The highest BCUT2D eigenvalue weighted by Gasteiger charge is 2.25. The monoisotopic (exact) mass is 275 g/mol. The van der Waals surface area contributed by atoms with Gasteiger partial charge in [-0.3, -0.25) is 4.79 Å². The summed E-state index contributed by atoms with van der Waals surface area (Å²) in [5, 5.41) is 6.38. The van der Waals surface area contributed by atoms with Crippen molar-refractivity contribution in [3.05, 3.63) is 29.8 Å². The number of amides is 1. The highest BCUT2D eigenvalue weighted by molar-refractivity contribution is 5.86. The van der Waals surface area contributed by atoms with Crippen LogP contribution in [0.25, 0.3) is 0 Å². The molecule has 4 nitrogen and oxygen atoms in total. The number of carbonyl (C=O) groups excluding carboxylic acids is 1. The van der Waals surface area contributed by atoms with Crippen molar-refractivity contribution in [2.75, 3.05) is 24.5 Å². The summed E-state index contributed by atoms with van der Waals surface area (Å²) in [4.78, 5) is 13.9. The molecule has 110 valence electrons. The van der Waals surface area contributed by atoms with Gasteiger partial charge in [0.25, 0.3) is 0 Å². The Morgan fingerprint density at radius 2 is 2.05 bits per heavy atom. The summed E-state index contributed by atoms with van der Waals surface area (Å²) in [6.45, 7) is 8.85. The molecular weight excluding hydrogens is 250 g/mol. The van der Waals surface area contributed by atoms with Crippen molar-refractivity contribution >= 4 is 11.6 Å². The van der Waals surface area contributed by atoms with Gasteiger partial charge in [-0.15, -0.1) is 0 Å². The molecule has 1 saturated heterocycles. The molecule has 1 aromatic carbocycles. The van der Waals surface area contributed by atoms with Crippen LogP contribution < -0.4 is 15.5 Å². The van der Waals surface area contributed by atoms with E-state index >= 15 is 0 Å². The molecule has 0 bridgehead atoms. The Morgan fingerprint density at radius 1 is 1.35 bits per heavy atom. The molecular formula is C16H25N3O. The molecule has 1 aliphatic rings. The van der Waals surface area contributed by atoms with E-state index in [1.54, 1.807) is 0 Å². The van der Waals surface area contributed by atoms with E-state index in [0.717, 1.165) is 31.7 Å². The highest BCUT2D eigenvalue weighted by Crippen LogP contribution is 2.23. The van der Waals surface area contributed by atoms with E-state index in [4.69, 9.17) is 0 Å². The maximum atomic E-state index is 11.7. The molecule has 0 saturated carbocycles. The van der Waals surface area contributed by atoms with Crippen LogP contribution in [0.4, 0.5) is 5.69 Å². The Kier molecular flexibility index (Phi) is 5.01. The third-order valence-corrected chi connectivity index (χ3v) is 3.98. The number of carbonyl (C=O) groups is 1. The molecule has 0 aromatic heterocycles. The van der Waals surface area contributed by atoms with Crippen molar-refractivity contribution in [1.29, 1.82) is 0 Å². The lowest BCUT2D eigenvalue weighted by atomic mass is 10.0. The fourth-order valence-corrected chi connectivity index (χ4v) is 2.78. The average Bonchev–Trinajstić information content (AvgIpc) is 2.48. The third kappa shape index (κ3) is 3.12. The zero-order valence-corrected chi connectivity index (χ0v) is 12.6. The molecule has 1 heterocycles. The number of nitrogens with zero attached hydrogens (tertiary/aromatic N) is 1. The van der Waals surface area contributed by atoms with Gasteiger partial charge in [-0.1, -0.05) is 26.0 Å². The van der Waals surface area contributed by atoms with Gasteiger partial charge < -0.3 is 15.5 Å². The maximum Gasteiger partial charge on any atom is 0.242 e. The van der Waals surface area contributed by atoms with Gasteiger partial charge in [0.2, 0.25) is 5.91 Å². The first-order valence-corrected chi connectivity index (χ1v) is 7.55. The highest BCUT2D eigenvalue weighted by atomic mass is 16.2. The van der Waals surface area contributed by atoms with Crippen molar-refractivity contribution < 1.29 is 4.79 Å². The summed E-state index contributed by atoms with van der Waals surface area (Å²) in [5.41, 5.74) is 2.44. The minimum Gasteiger partial charge on any atom is -0.358 e. The van der Waals surface area contributed by atoms with Gasteiger partial charge in [-0.2, -0.15) is 0 Å². The number of anilines is 1. The predicted molar refractivity (Wildman–Crippen MR) is 83.0 cm³/mol. The molecule has 2 rings (SSSR count). The second-order valence-corrected chi connectivity index (χ2v) is 5.27. The molecule has 0 spiro atoms. The maximum absolute atomic E-state index is 11.7. The first-order chi connectivity index (χ1) is 9.67. The van der Waals surface area contributed by atoms with Gasteiger partial charge in [-0.25, -0.2) is 0 Å². The zero-order valence-electron chi connectivity index (χ0n) is 12.6. The second kappa shape index (κ2) is 6.75. The van der Waals surface area contributed by atoms with Crippen LogP contribution in [0.15, 0.2) is 24.3 Å². The lowest BCUT2D eigenvalue weighted by Gasteiger charge is -2.34. The van der Waals surface area contributed by atoms with E-state index in [1.807, 2.05) is 6.92 Å². The fourth-order valence-electron chi connectivity index (χ4n) is 2.78. The third-order valence-electron chi connectivity index (χ3n) is 3.98. The Balaban J connectivity index is 2.13. The second-order valence-electron chi connectivity index (χ2n) is 5.27. The van der Waals surface area contributed by atoms with Crippen LogP contribution in [-0.4, -0.2) is 31.6 Å². The molecule has 4 heteroatoms. The zero-order chi connectivity index (χ0) is 14.5. The van der Waals surface area contributed by atoms with Crippen LogP contribution in [0.5, 0.6) is 0 Å². The topological polar surface area (TPSA) is 44.4 Å². The summed E-state index contributed by atoms with van der Waals surface area (Å²) >= 11 is 0. The molecule has 1 fully saturated rings. The molecule has 0 radical (unpaired) electrons. The smallest absolute Gasteiger partial charge is 0.242 e. The first-order valence-electron chi connectivity index (χ1n) is 7.55. The van der Waals surface area contributed by atoms with Gasteiger partial charge in [0.1, 0.15) is 6.04 Å².